The smallest absolute Gasteiger partial charge is 0.236 e. The van der Waals surface area contributed by atoms with Crippen molar-refractivity contribution in [2.75, 3.05) is 32.6 Å². The van der Waals surface area contributed by atoms with Gasteiger partial charge in [-0.3, -0.25) is 4.79 Å². The van der Waals surface area contributed by atoms with Crippen molar-refractivity contribution in [1.82, 2.24) is 10.2 Å². The third kappa shape index (κ3) is 5.85. The number of nitrogens with zero attached hydrogens (tertiary/aromatic N) is 2. The zero-order valence-corrected chi connectivity index (χ0v) is 17.6. The summed E-state index contributed by atoms with van der Waals surface area (Å²) in [6.45, 7) is 3.07. The molecule has 0 radical (unpaired) electrons. The van der Waals surface area contributed by atoms with Crippen molar-refractivity contribution in [2.45, 2.75) is 25.9 Å². The van der Waals surface area contributed by atoms with E-state index in [-0.39, 0.29) is 11.9 Å². The van der Waals surface area contributed by atoms with Crippen LogP contribution in [-0.4, -0.2) is 38.5 Å². The molecule has 2 rings (SSSR count). The molecular weight excluding hydrogens is 390 g/mol. The molecule has 2 aromatic carbocycles. The topological polar surface area (TPSA) is 35.6 Å². The first-order valence-corrected chi connectivity index (χ1v) is 9.69. The normalized spacial score (nSPS) is 11.9. The molecule has 0 saturated heterocycles. The van der Waals surface area contributed by atoms with Gasteiger partial charge in [0.05, 0.1) is 6.54 Å². The number of halogens is 1. The molecule has 26 heavy (non-hydrogen) atoms. The Morgan fingerprint density at radius 2 is 1.65 bits per heavy atom. The highest BCUT2D eigenvalue weighted by Crippen LogP contribution is 2.19. The maximum absolute atomic E-state index is 12.5. The van der Waals surface area contributed by atoms with Gasteiger partial charge in [0, 0.05) is 43.9 Å². The molecule has 0 bridgehead atoms. The lowest BCUT2D eigenvalue weighted by atomic mass is 10.0. The van der Waals surface area contributed by atoms with Gasteiger partial charge in [-0.25, -0.2) is 0 Å². The fraction of sp³-hybridized carbons (Fsp3) is 0.381. The van der Waals surface area contributed by atoms with Crippen LogP contribution in [0, 0.1) is 0 Å². The maximum atomic E-state index is 12.5. The van der Waals surface area contributed by atoms with E-state index in [2.05, 4.69) is 69.5 Å². The van der Waals surface area contributed by atoms with Crippen LogP contribution in [0.15, 0.2) is 53.0 Å². The van der Waals surface area contributed by atoms with E-state index in [0.717, 1.165) is 22.1 Å². The minimum atomic E-state index is 0.0947. The molecule has 0 saturated carbocycles. The van der Waals surface area contributed by atoms with Gasteiger partial charge in [0.15, 0.2) is 0 Å². The first kappa shape index (κ1) is 20.5. The summed E-state index contributed by atoms with van der Waals surface area (Å²) in [5.41, 5.74) is 3.49. The van der Waals surface area contributed by atoms with Gasteiger partial charge in [0.25, 0.3) is 0 Å². The fourth-order valence-electron chi connectivity index (χ4n) is 2.80. The molecule has 0 fully saturated rings. The van der Waals surface area contributed by atoms with Crippen molar-refractivity contribution in [3.63, 3.8) is 0 Å². The summed E-state index contributed by atoms with van der Waals surface area (Å²) < 4.78 is 1.06. The minimum Gasteiger partial charge on any atom is -0.378 e. The maximum Gasteiger partial charge on any atom is 0.236 e. The highest BCUT2D eigenvalue weighted by Gasteiger charge is 2.14. The van der Waals surface area contributed by atoms with Crippen LogP contribution in [0.2, 0.25) is 0 Å². The number of hydrogen-bond donors (Lipinski definition) is 1. The molecule has 0 aliphatic carbocycles. The van der Waals surface area contributed by atoms with Crippen molar-refractivity contribution < 1.29 is 4.79 Å². The Bertz CT molecular complexity index is 698. The molecule has 4 nitrogen and oxygen atoms in total. The molecule has 1 N–H and O–H groups in total. The Morgan fingerprint density at radius 1 is 1.04 bits per heavy atom. The average molecular weight is 418 g/mol. The Labute approximate surface area is 165 Å². The number of likely N-dealkylation sites (N-methyl/N-ethyl adjacent to an activating group) is 1. The van der Waals surface area contributed by atoms with Gasteiger partial charge >= 0.3 is 0 Å². The monoisotopic (exact) mass is 417 g/mol. The highest BCUT2D eigenvalue weighted by atomic mass is 79.9. The summed E-state index contributed by atoms with van der Waals surface area (Å²) in [5, 5.41) is 3.38. The van der Waals surface area contributed by atoms with Crippen LogP contribution in [0.4, 0.5) is 5.69 Å². The van der Waals surface area contributed by atoms with Crippen molar-refractivity contribution in [2.24, 2.45) is 0 Å². The van der Waals surface area contributed by atoms with Crippen LogP contribution < -0.4 is 10.2 Å². The second-order valence-corrected chi connectivity index (χ2v) is 7.62. The van der Waals surface area contributed by atoms with E-state index in [1.807, 2.05) is 33.3 Å². The van der Waals surface area contributed by atoms with Crippen molar-refractivity contribution in [1.29, 1.82) is 0 Å². The minimum absolute atomic E-state index is 0.0947. The Balaban J connectivity index is 1.88. The van der Waals surface area contributed by atoms with Crippen LogP contribution in [0.3, 0.4) is 0 Å². The van der Waals surface area contributed by atoms with E-state index in [0.29, 0.717) is 13.1 Å². The lowest BCUT2D eigenvalue weighted by Gasteiger charge is -2.22. The molecule has 0 unspecified atom stereocenters. The molecule has 0 aliphatic heterocycles. The molecule has 0 heterocycles. The fourth-order valence-corrected chi connectivity index (χ4v) is 3.06. The summed E-state index contributed by atoms with van der Waals surface area (Å²) in [6, 6.07) is 16.7. The molecular formula is C21H28BrN3O. The van der Waals surface area contributed by atoms with E-state index in [9.17, 15) is 4.79 Å². The van der Waals surface area contributed by atoms with Crippen molar-refractivity contribution in [3.05, 3.63) is 64.1 Å². The van der Waals surface area contributed by atoms with Gasteiger partial charge in [-0.1, -0.05) is 47.1 Å². The number of benzene rings is 2. The van der Waals surface area contributed by atoms with Gasteiger partial charge < -0.3 is 15.1 Å². The third-order valence-electron chi connectivity index (χ3n) is 4.48. The van der Waals surface area contributed by atoms with Gasteiger partial charge in [-0.15, -0.1) is 0 Å². The van der Waals surface area contributed by atoms with Crippen molar-refractivity contribution in [3.8, 4) is 0 Å². The highest BCUT2D eigenvalue weighted by molar-refractivity contribution is 9.10. The van der Waals surface area contributed by atoms with E-state index < -0.39 is 0 Å². The predicted octanol–water partition coefficient (Wildman–Crippen LogP) is 4.21. The first-order valence-electron chi connectivity index (χ1n) is 8.89. The van der Waals surface area contributed by atoms with Gasteiger partial charge in [-0.05, 0) is 41.8 Å². The molecule has 0 aliphatic rings. The largest absolute Gasteiger partial charge is 0.378 e. The predicted molar refractivity (Wildman–Crippen MR) is 112 cm³/mol. The van der Waals surface area contributed by atoms with E-state index in [1.165, 1.54) is 5.56 Å². The van der Waals surface area contributed by atoms with Gasteiger partial charge in [0.2, 0.25) is 5.91 Å². The Kier molecular flexibility index (Phi) is 7.66. The Morgan fingerprint density at radius 3 is 2.19 bits per heavy atom. The van der Waals surface area contributed by atoms with E-state index in [1.54, 1.807) is 4.90 Å². The zero-order chi connectivity index (χ0) is 19.1. The molecule has 0 aromatic heterocycles. The van der Waals surface area contributed by atoms with E-state index >= 15 is 0 Å². The van der Waals surface area contributed by atoms with E-state index in [4.69, 9.17) is 0 Å². The van der Waals surface area contributed by atoms with Crippen LogP contribution in [0.25, 0.3) is 0 Å². The molecule has 1 atom stereocenters. The average Bonchev–Trinajstić information content (AvgIpc) is 2.63. The lowest BCUT2D eigenvalue weighted by molar-refractivity contribution is -0.129. The van der Waals surface area contributed by atoms with Crippen LogP contribution >= 0.6 is 15.9 Å². The van der Waals surface area contributed by atoms with Gasteiger partial charge in [0.1, 0.15) is 0 Å². The second kappa shape index (κ2) is 9.74. The van der Waals surface area contributed by atoms with Crippen molar-refractivity contribution >= 4 is 27.5 Å². The number of amides is 1. The third-order valence-corrected chi connectivity index (χ3v) is 5.01. The van der Waals surface area contributed by atoms with Crippen LogP contribution in [0.1, 0.15) is 30.5 Å². The molecule has 2 aromatic rings. The van der Waals surface area contributed by atoms with Crippen LogP contribution in [-0.2, 0) is 11.3 Å². The number of carbonyl (C=O) groups is 1. The quantitative estimate of drug-likeness (QED) is 0.698. The summed E-state index contributed by atoms with van der Waals surface area (Å²) >= 11 is 3.46. The number of nitrogens with one attached hydrogen (secondary N) is 1. The summed E-state index contributed by atoms with van der Waals surface area (Å²) in [5.74, 6) is 0.0947. The number of anilines is 1. The molecule has 0 spiro atoms. The second-order valence-electron chi connectivity index (χ2n) is 6.70. The lowest BCUT2D eigenvalue weighted by Crippen LogP contribution is -2.36. The zero-order valence-electron chi connectivity index (χ0n) is 16.0. The van der Waals surface area contributed by atoms with Crippen LogP contribution in [0.5, 0.6) is 0 Å². The van der Waals surface area contributed by atoms with Gasteiger partial charge in [-0.2, -0.15) is 0 Å². The molecule has 5 heteroatoms. The number of rotatable bonds is 8. The summed E-state index contributed by atoms with van der Waals surface area (Å²) in [7, 11) is 5.89. The standard InChI is InChI=1S/C21H28BrN3O/c1-5-20(17-8-10-18(22)11-9-17)23-14-21(26)25(4)15-16-6-12-19(13-7-16)24(2)3/h6-13,20,23H,5,14-15H2,1-4H3/t20-/m0/s1. The Hall–Kier alpha value is -1.85. The molecule has 140 valence electrons. The number of hydrogen-bond acceptors (Lipinski definition) is 3. The summed E-state index contributed by atoms with van der Waals surface area (Å²) in [4.78, 5) is 16.3. The summed E-state index contributed by atoms with van der Waals surface area (Å²) in [6.07, 6.45) is 0.935. The number of carbonyl (C=O) groups excluding carboxylic acids is 1. The molecule has 1 amide bonds. The SMILES string of the molecule is CC[C@H](NCC(=O)N(C)Cc1ccc(N(C)C)cc1)c1ccc(Br)cc1. The first-order chi connectivity index (χ1) is 12.4.